The summed E-state index contributed by atoms with van der Waals surface area (Å²) in [6.07, 6.45) is 5.88. The van der Waals surface area contributed by atoms with Gasteiger partial charge in [0.1, 0.15) is 5.82 Å². The summed E-state index contributed by atoms with van der Waals surface area (Å²) in [6.45, 7) is 0. The second kappa shape index (κ2) is 3.41. The van der Waals surface area contributed by atoms with Crippen LogP contribution in [0.5, 0.6) is 0 Å². The van der Waals surface area contributed by atoms with Crippen LogP contribution in [-0.4, -0.2) is 9.97 Å². The Labute approximate surface area is 80.4 Å². The van der Waals surface area contributed by atoms with Crippen molar-refractivity contribution in [3.05, 3.63) is 42.7 Å². The van der Waals surface area contributed by atoms with E-state index in [4.69, 9.17) is 5.73 Å². The first-order valence-corrected chi connectivity index (χ1v) is 4.08. The molecule has 0 saturated heterocycles. The average molecular weight is 189 g/mol. The molecule has 0 radical (unpaired) electrons. The van der Waals surface area contributed by atoms with Crippen molar-refractivity contribution in [2.45, 2.75) is 0 Å². The molecule has 0 spiro atoms. The van der Waals surface area contributed by atoms with E-state index in [-0.39, 0.29) is 5.82 Å². The molecule has 2 aromatic rings. The average Bonchev–Trinajstić information content (AvgIpc) is 2.18. The summed E-state index contributed by atoms with van der Waals surface area (Å²) >= 11 is 0. The van der Waals surface area contributed by atoms with Gasteiger partial charge in [-0.15, -0.1) is 0 Å². The zero-order valence-electron chi connectivity index (χ0n) is 7.31. The van der Waals surface area contributed by atoms with Gasteiger partial charge in [0.25, 0.3) is 0 Å². The Hall–Kier alpha value is -1.97. The number of nitrogens with zero attached hydrogens (tertiary/aromatic N) is 2. The standard InChI is InChI=1S/C10H8FN3/c11-8-3-7(4-14-5-8)9-6-13-2-1-10(9)12/h1-6H,(H2,12,13). The Morgan fingerprint density at radius 3 is 2.71 bits per heavy atom. The first kappa shape index (κ1) is 8.62. The topological polar surface area (TPSA) is 51.8 Å². The number of hydrogen-bond acceptors (Lipinski definition) is 3. The number of hydrogen-bond donors (Lipinski definition) is 1. The minimum absolute atomic E-state index is 0.384. The van der Waals surface area contributed by atoms with Crippen LogP contribution in [0.15, 0.2) is 36.9 Å². The van der Waals surface area contributed by atoms with Crippen molar-refractivity contribution in [2.24, 2.45) is 0 Å². The highest BCUT2D eigenvalue weighted by molar-refractivity contribution is 5.74. The van der Waals surface area contributed by atoms with Crippen LogP contribution < -0.4 is 5.73 Å². The number of aromatic nitrogens is 2. The number of nitrogen functional groups attached to an aromatic ring is 1. The molecular weight excluding hydrogens is 181 g/mol. The van der Waals surface area contributed by atoms with Crippen LogP contribution in [0.1, 0.15) is 0 Å². The van der Waals surface area contributed by atoms with E-state index in [9.17, 15) is 4.39 Å². The summed E-state index contributed by atoms with van der Waals surface area (Å²) in [5, 5.41) is 0. The fourth-order valence-corrected chi connectivity index (χ4v) is 1.21. The monoisotopic (exact) mass is 189 g/mol. The van der Waals surface area contributed by atoms with Gasteiger partial charge in [0.2, 0.25) is 0 Å². The van der Waals surface area contributed by atoms with E-state index in [1.807, 2.05) is 0 Å². The molecule has 2 N–H and O–H groups in total. The van der Waals surface area contributed by atoms with E-state index in [0.717, 1.165) is 6.20 Å². The van der Waals surface area contributed by atoms with E-state index in [1.165, 1.54) is 6.07 Å². The molecule has 0 saturated carbocycles. The van der Waals surface area contributed by atoms with Crippen LogP contribution in [-0.2, 0) is 0 Å². The van der Waals surface area contributed by atoms with Gasteiger partial charge in [-0.2, -0.15) is 0 Å². The van der Waals surface area contributed by atoms with Crippen LogP contribution >= 0.6 is 0 Å². The van der Waals surface area contributed by atoms with Crippen LogP contribution in [0.4, 0.5) is 10.1 Å². The molecule has 0 unspecified atom stereocenters. The SMILES string of the molecule is Nc1ccncc1-c1cncc(F)c1. The van der Waals surface area contributed by atoms with E-state index >= 15 is 0 Å². The Morgan fingerprint density at radius 1 is 1.14 bits per heavy atom. The Bertz CT molecular complexity index is 457. The third-order valence-corrected chi connectivity index (χ3v) is 1.87. The number of rotatable bonds is 1. The lowest BCUT2D eigenvalue weighted by Crippen LogP contribution is -1.91. The molecule has 0 aliphatic rings. The van der Waals surface area contributed by atoms with E-state index in [2.05, 4.69) is 9.97 Å². The minimum Gasteiger partial charge on any atom is -0.398 e. The first-order chi connectivity index (χ1) is 6.77. The van der Waals surface area contributed by atoms with Gasteiger partial charge < -0.3 is 5.73 Å². The van der Waals surface area contributed by atoms with Crippen molar-refractivity contribution < 1.29 is 4.39 Å². The molecule has 0 aliphatic carbocycles. The number of pyridine rings is 2. The van der Waals surface area contributed by atoms with Crippen LogP contribution in [0.3, 0.4) is 0 Å². The van der Waals surface area contributed by atoms with Crippen molar-refractivity contribution >= 4 is 5.69 Å². The van der Waals surface area contributed by atoms with Crippen LogP contribution in [0, 0.1) is 5.82 Å². The zero-order chi connectivity index (χ0) is 9.97. The van der Waals surface area contributed by atoms with Gasteiger partial charge in [-0.25, -0.2) is 4.39 Å². The fourth-order valence-electron chi connectivity index (χ4n) is 1.21. The van der Waals surface area contributed by atoms with Crippen LogP contribution in [0.2, 0.25) is 0 Å². The highest BCUT2D eigenvalue weighted by atomic mass is 19.1. The molecule has 0 fully saturated rings. The summed E-state index contributed by atoms with van der Waals surface area (Å²) in [5.74, 6) is -0.384. The molecule has 2 aromatic heterocycles. The summed E-state index contributed by atoms with van der Waals surface area (Å²) in [4.78, 5) is 7.66. The summed E-state index contributed by atoms with van der Waals surface area (Å²) in [6, 6.07) is 3.04. The molecule has 2 rings (SSSR count). The molecule has 0 atom stereocenters. The quantitative estimate of drug-likeness (QED) is 0.744. The largest absolute Gasteiger partial charge is 0.398 e. The highest BCUT2D eigenvalue weighted by Gasteiger charge is 2.03. The van der Waals surface area contributed by atoms with Gasteiger partial charge in [-0.3, -0.25) is 9.97 Å². The summed E-state index contributed by atoms with van der Waals surface area (Å²) in [5.41, 5.74) is 7.60. The molecule has 70 valence electrons. The highest BCUT2D eigenvalue weighted by Crippen LogP contribution is 2.23. The van der Waals surface area contributed by atoms with Gasteiger partial charge in [-0.05, 0) is 12.1 Å². The van der Waals surface area contributed by atoms with Crippen molar-refractivity contribution in [1.29, 1.82) is 0 Å². The van der Waals surface area contributed by atoms with E-state index in [1.54, 1.807) is 24.7 Å². The molecule has 14 heavy (non-hydrogen) atoms. The lowest BCUT2D eigenvalue weighted by Gasteiger charge is -2.03. The lowest BCUT2D eigenvalue weighted by molar-refractivity contribution is 0.622. The Kier molecular flexibility index (Phi) is 2.10. The molecule has 3 nitrogen and oxygen atoms in total. The van der Waals surface area contributed by atoms with Crippen molar-refractivity contribution in [2.75, 3.05) is 5.73 Å². The molecule has 4 heteroatoms. The van der Waals surface area contributed by atoms with E-state index in [0.29, 0.717) is 16.8 Å². The first-order valence-electron chi connectivity index (χ1n) is 4.08. The third-order valence-electron chi connectivity index (χ3n) is 1.87. The van der Waals surface area contributed by atoms with Crippen molar-refractivity contribution in [3.8, 4) is 11.1 Å². The summed E-state index contributed by atoms with van der Waals surface area (Å²) < 4.78 is 12.9. The second-order valence-electron chi connectivity index (χ2n) is 2.85. The zero-order valence-corrected chi connectivity index (χ0v) is 7.31. The van der Waals surface area contributed by atoms with Gasteiger partial charge in [0.15, 0.2) is 0 Å². The predicted octanol–water partition coefficient (Wildman–Crippen LogP) is 1.86. The van der Waals surface area contributed by atoms with Gasteiger partial charge in [-0.1, -0.05) is 0 Å². The Balaban J connectivity index is 2.55. The van der Waals surface area contributed by atoms with E-state index < -0.39 is 0 Å². The van der Waals surface area contributed by atoms with Crippen molar-refractivity contribution in [3.63, 3.8) is 0 Å². The van der Waals surface area contributed by atoms with Gasteiger partial charge in [0, 0.05) is 35.4 Å². The smallest absolute Gasteiger partial charge is 0.142 e. The third kappa shape index (κ3) is 1.54. The second-order valence-corrected chi connectivity index (χ2v) is 2.85. The van der Waals surface area contributed by atoms with Crippen LogP contribution in [0.25, 0.3) is 11.1 Å². The normalized spacial score (nSPS) is 10.1. The van der Waals surface area contributed by atoms with Crippen molar-refractivity contribution in [1.82, 2.24) is 9.97 Å². The fraction of sp³-hybridized carbons (Fsp3) is 0. The molecule has 0 aliphatic heterocycles. The maximum Gasteiger partial charge on any atom is 0.142 e. The molecular formula is C10H8FN3. The molecule has 2 heterocycles. The maximum atomic E-state index is 12.9. The molecule has 0 amide bonds. The Morgan fingerprint density at radius 2 is 2.00 bits per heavy atom. The minimum atomic E-state index is -0.384. The number of anilines is 1. The van der Waals surface area contributed by atoms with Gasteiger partial charge in [0.05, 0.1) is 6.20 Å². The molecule has 0 aromatic carbocycles. The maximum absolute atomic E-state index is 12.9. The van der Waals surface area contributed by atoms with Gasteiger partial charge >= 0.3 is 0 Å². The number of halogens is 1. The number of nitrogens with two attached hydrogens (primary N) is 1. The predicted molar refractivity (Wildman–Crippen MR) is 51.8 cm³/mol. The summed E-state index contributed by atoms with van der Waals surface area (Å²) in [7, 11) is 0. The lowest BCUT2D eigenvalue weighted by atomic mass is 10.1. The molecule has 0 bridgehead atoms.